The van der Waals surface area contributed by atoms with E-state index in [1.807, 2.05) is 18.2 Å². The van der Waals surface area contributed by atoms with Gasteiger partial charge >= 0.3 is 0 Å². The number of fused-ring (bicyclic) bond motifs is 1. The fraction of sp³-hybridized carbons (Fsp3) is 0.300. The molecule has 0 bridgehead atoms. The summed E-state index contributed by atoms with van der Waals surface area (Å²) in [7, 11) is 0. The maximum Gasteiger partial charge on any atom is 0.238 e. The van der Waals surface area contributed by atoms with Gasteiger partial charge < -0.3 is 14.2 Å². The molecule has 2 aromatic rings. The Bertz CT molecular complexity index is 891. The number of hydrogen-bond donors (Lipinski definition) is 2. The molecular weight excluding hydrogens is 419 g/mol. The van der Waals surface area contributed by atoms with Crippen molar-refractivity contribution in [3.8, 4) is 17.2 Å². The molecule has 1 aliphatic rings. The fourth-order valence-corrected chi connectivity index (χ4v) is 3.09. The molecule has 0 spiro atoms. The summed E-state index contributed by atoms with van der Waals surface area (Å²) in [5, 5.41) is 0.938. The van der Waals surface area contributed by atoms with Crippen molar-refractivity contribution < 1.29 is 23.8 Å². The minimum atomic E-state index is -0.299. The van der Waals surface area contributed by atoms with Gasteiger partial charge in [-0.25, -0.2) is 0 Å². The van der Waals surface area contributed by atoms with Crippen LogP contribution in [0.3, 0.4) is 0 Å². The Labute approximate surface area is 178 Å². The normalized spacial score (nSPS) is 11.8. The van der Waals surface area contributed by atoms with Gasteiger partial charge in [-0.1, -0.05) is 29.3 Å². The van der Waals surface area contributed by atoms with Crippen LogP contribution >= 0.6 is 23.2 Å². The lowest BCUT2D eigenvalue weighted by Gasteiger charge is -2.09. The molecule has 9 heteroatoms. The Balaban J connectivity index is 1.29. The van der Waals surface area contributed by atoms with Gasteiger partial charge in [0.1, 0.15) is 5.75 Å². The first-order valence-electron chi connectivity index (χ1n) is 9.05. The predicted molar refractivity (Wildman–Crippen MR) is 108 cm³/mol. The van der Waals surface area contributed by atoms with Gasteiger partial charge in [0.2, 0.25) is 18.6 Å². The van der Waals surface area contributed by atoms with Gasteiger partial charge in [-0.15, -0.1) is 0 Å². The molecule has 0 fully saturated rings. The SMILES string of the molecule is O=C(CCCOc1ccc(Cl)cc1Cl)NNC(=O)CCc1ccc2c(c1)OCO2. The summed E-state index contributed by atoms with van der Waals surface area (Å²) < 4.78 is 16.1. The third-order valence-corrected chi connectivity index (χ3v) is 4.65. The minimum absolute atomic E-state index is 0.202. The molecule has 0 unspecified atom stereocenters. The van der Waals surface area contributed by atoms with Crippen LogP contribution in [-0.2, 0) is 16.0 Å². The largest absolute Gasteiger partial charge is 0.492 e. The third-order valence-electron chi connectivity index (χ3n) is 4.12. The van der Waals surface area contributed by atoms with Crippen LogP contribution in [0.5, 0.6) is 17.2 Å². The second kappa shape index (κ2) is 10.2. The Kier molecular flexibility index (Phi) is 7.43. The van der Waals surface area contributed by atoms with E-state index < -0.39 is 0 Å². The number of carbonyl (C=O) groups is 2. The number of hydrogen-bond acceptors (Lipinski definition) is 5. The molecule has 3 rings (SSSR count). The molecule has 0 saturated carbocycles. The van der Waals surface area contributed by atoms with Crippen LogP contribution in [0.15, 0.2) is 36.4 Å². The van der Waals surface area contributed by atoms with E-state index in [2.05, 4.69) is 10.9 Å². The number of amides is 2. The number of carbonyl (C=O) groups excluding carboxylic acids is 2. The number of ether oxygens (including phenoxy) is 3. The average molecular weight is 439 g/mol. The van der Waals surface area contributed by atoms with Crippen LogP contribution in [0.4, 0.5) is 0 Å². The first kappa shape index (κ1) is 21.1. The average Bonchev–Trinajstić information content (AvgIpc) is 3.17. The van der Waals surface area contributed by atoms with Crippen LogP contribution in [-0.4, -0.2) is 25.2 Å². The highest BCUT2D eigenvalue weighted by Crippen LogP contribution is 2.32. The smallest absolute Gasteiger partial charge is 0.238 e. The van der Waals surface area contributed by atoms with Gasteiger partial charge in [0.25, 0.3) is 0 Å². The van der Waals surface area contributed by atoms with Crippen molar-refractivity contribution in [2.75, 3.05) is 13.4 Å². The van der Waals surface area contributed by atoms with Crippen molar-refractivity contribution in [1.82, 2.24) is 10.9 Å². The monoisotopic (exact) mass is 438 g/mol. The van der Waals surface area contributed by atoms with E-state index in [9.17, 15) is 9.59 Å². The number of hydrazine groups is 1. The molecular formula is C20H20Cl2N2O5. The standard InChI is InChI=1S/C20H20Cl2N2O5/c21-14-5-7-16(15(22)11-14)27-9-1-2-19(25)23-24-20(26)8-4-13-3-6-17-18(10-13)29-12-28-17/h3,5-7,10-11H,1-2,4,8-9,12H2,(H,23,25)(H,24,26). The van der Waals surface area contributed by atoms with Crippen molar-refractivity contribution in [3.63, 3.8) is 0 Å². The van der Waals surface area contributed by atoms with Crippen molar-refractivity contribution in [2.45, 2.75) is 25.7 Å². The van der Waals surface area contributed by atoms with Crippen molar-refractivity contribution in [2.24, 2.45) is 0 Å². The maximum atomic E-state index is 11.9. The van der Waals surface area contributed by atoms with Crippen molar-refractivity contribution in [1.29, 1.82) is 0 Å². The molecule has 2 N–H and O–H groups in total. The number of halogens is 2. The molecule has 0 radical (unpaired) electrons. The summed E-state index contributed by atoms with van der Waals surface area (Å²) in [6.45, 7) is 0.524. The highest BCUT2D eigenvalue weighted by atomic mass is 35.5. The molecule has 0 aromatic heterocycles. The second-order valence-corrected chi connectivity index (χ2v) is 7.15. The molecule has 29 heavy (non-hydrogen) atoms. The lowest BCUT2D eigenvalue weighted by atomic mass is 10.1. The van der Waals surface area contributed by atoms with E-state index in [-0.39, 0.29) is 31.4 Å². The number of nitrogens with one attached hydrogen (secondary N) is 2. The molecule has 0 saturated heterocycles. The summed E-state index contributed by atoms with van der Waals surface area (Å²) in [6.07, 6.45) is 1.43. The van der Waals surface area contributed by atoms with Crippen molar-refractivity contribution in [3.05, 3.63) is 52.0 Å². The Morgan fingerprint density at radius 1 is 0.966 bits per heavy atom. The highest BCUT2D eigenvalue weighted by molar-refractivity contribution is 6.35. The summed E-state index contributed by atoms with van der Waals surface area (Å²) in [6, 6.07) is 10.5. The Morgan fingerprint density at radius 3 is 2.52 bits per heavy atom. The topological polar surface area (TPSA) is 85.9 Å². The van der Waals surface area contributed by atoms with Crippen LogP contribution in [0, 0.1) is 0 Å². The highest BCUT2D eigenvalue weighted by Gasteiger charge is 2.13. The van der Waals surface area contributed by atoms with E-state index >= 15 is 0 Å². The van der Waals surface area contributed by atoms with Gasteiger partial charge in [-0.3, -0.25) is 20.4 Å². The number of benzene rings is 2. The summed E-state index contributed by atoms with van der Waals surface area (Å²) in [5.41, 5.74) is 5.76. The molecule has 7 nitrogen and oxygen atoms in total. The van der Waals surface area contributed by atoms with Gasteiger partial charge in [0.15, 0.2) is 11.5 Å². The maximum absolute atomic E-state index is 11.9. The van der Waals surface area contributed by atoms with Crippen LogP contribution in [0.1, 0.15) is 24.8 Å². The molecule has 0 atom stereocenters. The van der Waals surface area contributed by atoms with Gasteiger partial charge in [0, 0.05) is 17.9 Å². The lowest BCUT2D eigenvalue weighted by molar-refractivity contribution is -0.129. The second-order valence-electron chi connectivity index (χ2n) is 6.31. The van der Waals surface area contributed by atoms with Gasteiger partial charge in [-0.2, -0.15) is 0 Å². The first-order valence-corrected chi connectivity index (χ1v) is 9.81. The Hall–Kier alpha value is -2.64. The molecule has 154 valence electrons. The first-order chi connectivity index (χ1) is 14.0. The molecule has 2 aromatic carbocycles. The Morgan fingerprint density at radius 2 is 1.72 bits per heavy atom. The van der Waals surface area contributed by atoms with E-state index in [0.717, 1.165) is 5.56 Å². The van der Waals surface area contributed by atoms with Crippen LogP contribution in [0.2, 0.25) is 10.0 Å². The van der Waals surface area contributed by atoms with Gasteiger partial charge in [-0.05, 0) is 48.7 Å². The quantitative estimate of drug-likeness (QED) is 0.485. The minimum Gasteiger partial charge on any atom is -0.492 e. The zero-order valence-electron chi connectivity index (χ0n) is 15.5. The van der Waals surface area contributed by atoms with Crippen LogP contribution in [0.25, 0.3) is 0 Å². The third kappa shape index (κ3) is 6.44. The number of rotatable bonds is 8. The van der Waals surface area contributed by atoms with Crippen LogP contribution < -0.4 is 25.1 Å². The lowest BCUT2D eigenvalue weighted by Crippen LogP contribution is -2.41. The summed E-state index contributed by atoms with van der Waals surface area (Å²) in [4.78, 5) is 23.7. The molecule has 2 amide bonds. The van der Waals surface area contributed by atoms with E-state index in [0.29, 0.717) is 46.7 Å². The van der Waals surface area contributed by atoms with Gasteiger partial charge in [0.05, 0.1) is 11.6 Å². The van der Waals surface area contributed by atoms with E-state index in [4.69, 9.17) is 37.4 Å². The summed E-state index contributed by atoms with van der Waals surface area (Å²) >= 11 is 11.8. The predicted octanol–water partition coefficient (Wildman–Crippen LogP) is 3.66. The van der Waals surface area contributed by atoms with E-state index in [1.165, 1.54) is 0 Å². The zero-order valence-corrected chi connectivity index (χ0v) is 17.0. The number of aryl methyl sites for hydroxylation is 1. The molecule has 1 heterocycles. The fourth-order valence-electron chi connectivity index (χ4n) is 2.63. The van der Waals surface area contributed by atoms with E-state index in [1.54, 1.807) is 18.2 Å². The van der Waals surface area contributed by atoms with Crippen molar-refractivity contribution >= 4 is 35.0 Å². The summed E-state index contributed by atoms with van der Waals surface area (Å²) in [5.74, 6) is 1.31. The molecule has 1 aliphatic heterocycles. The zero-order chi connectivity index (χ0) is 20.6. The molecule has 0 aliphatic carbocycles.